The first-order chi connectivity index (χ1) is 10.0. The molecular formula is C16H23NO3S. The number of carbonyl (C=O) groups excluding carboxylic acids is 1. The van der Waals surface area contributed by atoms with E-state index in [1.165, 1.54) is 4.88 Å². The summed E-state index contributed by atoms with van der Waals surface area (Å²) in [6, 6.07) is 3.89. The van der Waals surface area contributed by atoms with Gasteiger partial charge in [-0.3, -0.25) is 9.59 Å². The van der Waals surface area contributed by atoms with Crippen LogP contribution in [-0.2, 0) is 11.2 Å². The average molecular weight is 309 g/mol. The molecule has 0 atom stereocenters. The maximum absolute atomic E-state index is 12.5. The predicted molar refractivity (Wildman–Crippen MR) is 83.8 cm³/mol. The van der Waals surface area contributed by atoms with Crippen LogP contribution in [-0.4, -0.2) is 35.0 Å². The molecule has 0 unspecified atom stereocenters. The van der Waals surface area contributed by atoms with Crippen molar-refractivity contribution in [2.45, 2.75) is 46.0 Å². The molecule has 2 rings (SSSR count). The number of rotatable bonds is 5. The van der Waals surface area contributed by atoms with E-state index in [0.717, 1.165) is 17.7 Å². The van der Waals surface area contributed by atoms with Gasteiger partial charge >= 0.3 is 5.97 Å². The molecule has 0 spiro atoms. The minimum atomic E-state index is -0.708. The zero-order valence-corrected chi connectivity index (χ0v) is 13.5. The summed E-state index contributed by atoms with van der Waals surface area (Å²) >= 11 is 1.54. The molecule has 1 aromatic rings. The Morgan fingerprint density at radius 1 is 1.29 bits per heavy atom. The van der Waals surface area contributed by atoms with Crippen molar-refractivity contribution in [3.05, 3.63) is 21.9 Å². The third kappa shape index (κ3) is 3.28. The van der Waals surface area contributed by atoms with Crippen molar-refractivity contribution in [2.75, 3.05) is 13.1 Å². The predicted octanol–water partition coefficient (Wildman–Crippen LogP) is 3.42. The Hall–Kier alpha value is -1.36. The molecule has 1 saturated heterocycles. The summed E-state index contributed by atoms with van der Waals surface area (Å²) in [6.45, 7) is 5.18. The van der Waals surface area contributed by atoms with Crippen molar-refractivity contribution in [1.29, 1.82) is 0 Å². The van der Waals surface area contributed by atoms with Crippen LogP contribution in [0.1, 0.15) is 54.1 Å². The van der Waals surface area contributed by atoms with Crippen LogP contribution in [0.25, 0.3) is 0 Å². The van der Waals surface area contributed by atoms with Crippen molar-refractivity contribution in [3.8, 4) is 0 Å². The number of aliphatic carboxylic acids is 1. The van der Waals surface area contributed by atoms with Crippen LogP contribution in [0.3, 0.4) is 0 Å². The van der Waals surface area contributed by atoms with Gasteiger partial charge in [-0.25, -0.2) is 0 Å². The fourth-order valence-corrected chi connectivity index (χ4v) is 3.94. The molecule has 21 heavy (non-hydrogen) atoms. The Morgan fingerprint density at radius 3 is 2.43 bits per heavy atom. The lowest BCUT2D eigenvalue weighted by Gasteiger charge is -2.38. The van der Waals surface area contributed by atoms with Gasteiger partial charge < -0.3 is 10.0 Å². The SMILES string of the molecule is CCCC1(C(=O)O)CCN(C(=O)c2ccc(CC)s2)CC1. The molecule has 0 saturated carbocycles. The fourth-order valence-electron chi connectivity index (χ4n) is 3.03. The number of likely N-dealkylation sites (tertiary alicyclic amines) is 1. The van der Waals surface area contributed by atoms with Crippen molar-refractivity contribution < 1.29 is 14.7 Å². The van der Waals surface area contributed by atoms with Gasteiger partial charge in [0.25, 0.3) is 5.91 Å². The fraction of sp³-hybridized carbons (Fsp3) is 0.625. The van der Waals surface area contributed by atoms with Crippen molar-refractivity contribution in [3.63, 3.8) is 0 Å². The molecule has 1 amide bonds. The van der Waals surface area contributed by atoms with Gasteiger partial charge in [-0.2, -0.15) is 0 Å². The maximum atomic E-state index is 12.5. The Kier molecular flexibility index (Phi) is 5.04. The van der Waals surface area contributed by atoms with Gasteiger partial charge in [-0.1, -0.05) is 20.3 Å². The van der Waals surface area contributed by atoms with Crippen molar-refractivity contribution in [1.82, 2.24) is 4.90 Å². The van der Waals surface area contributed by atoms with E-state index in [4.69, 9.17) is 0 Å². The summed E-state index contributed by atoms with van der Waals surface area (Å²) in [6.07, 6.45) is 3.63. The molecule has 1 aliphatic heterocycles. The van der Waals surface area contributed by atoms with Gasteiger partial charge in [-0.15, -0.1) is 11.3 Å². The number of amides is 1. The van der Waals surface area contributed by atoms with E-state index >= 15 is 0 Å². The minimum Gasteiger partial charge on any atom is -0.481 e. The topological polar surface area (TPSA) is 57.6 Å². The number of carboxylic acid groups (broad SMARTS) is 1. The molecule has 116 valence electrons. The third-order valence-corrected chi connectivity index (χ3v) is 5.63. The molecule has 1 fully saturated rings. The smallest absolute Gasteiger partial charge is 0.309 e. The number of aryl methyl sites for hydroxylation is 1. The highest BCUT2D eigenvalue weighted by Crippen LogP contribution is 2.37. The van der Waals surface area contributed by atoms with E-state index in [1.807, 2.05) is 24.0 Å². The molecule has 1 aliphatic rings. The first-order valence-electron chi connectivity index (χ1n) is 7.64. The number of piperidine rings is 1. The molecule has 0 aromatic carbocycles. The zero-order valence-electron chi connectivity index (χ0n) is 12.7. The Labute approximate surface area is 129 Å². The van der Waals surface area contributed by atoms with Gasteiger partial charge in [0.1, 0.15) is 0 Å². The Bertz CT molecular complexity index is 515. The second kappa shape index (κ2) is 6.60. The third-order valence-electron chi connectivity index (χ3n) is 4.41. The first-order valence-corrected chi connectivity index (χ1v) is 8.45. The van der Waals surface area contributed by atoms with Crippen LogP contribution >= 0.6 is 11.3 Å². The van der Waals surface area contributed by atoms with Gasteiger partial charge in [0.05, 0.1) is 10.3 Å². The number of carbonyl (C=O) groups is 2. The van der Waals surface area contributed by atoms with E-state index in [0.29, 0.717) is 32.4 Å². The normalized spacial score (nSPS) is 17.7. The summed E-state index contributed by atoms with van der Waals surface area (Å²) in [4.78, 5) is 27.8. The molecule has 4 nitrogen and oxygen atoms in total. The van der Waals surface area contributed by atoms with Crippen LogP contribution in [0.4, 0.5) is 0 Å². The number of hydrogen-bond acceptors (Lipinski definition) is 3. The quantitative estimate of drug-likeness (QED) is 0.906. The Morgan fingerprint density at radius 2 is 1.95 bits per heavy atom. The molecule has 1 aromatic heterocycles. The van der Waals surface area contributed by atoms with Crippen LogP contribution < -0.4 is 0 Å². The number of hydrogen-bond donors (Lipinski definition) is 1. The molecular weight excluding hydrogens is 286 g/mol. The lowest BCUT2D eigenvalue weighted by molar-refractivity contribution is -0.152. The summed E-state index contributed by atoms with van der Waals surface area (Å²) in [5, 5.41) is 9.50. The lowest BCUT2D eigenvalue weighted by Crippen LogP contribution is -2.46. The van der Waals surface area contributed by atoms with Crippen LogP contribution in [0.15, 0.2) is 12.1 Å². The van der Waals surface area contributed by atoms with E-state index in [-0.39, 0.29) is 5.91 Å². The first kappa shape index (κ1) is 16.0. The van der Waals surface area contributed by atoms with Crippen LogP contribution in [0, 0.1) is 5.41 Å². The van der Waals surface area contributed by atoms with Gasteiger partial charge in [0, 0.05) is 18.0 Å². The zero-order chi connectivity index (χ0) is 15.5. The summed E-state index contributed by atoms with van der Waals surface area (Å²) in [5.41, 5.74) is -0.629. The average Bonchev–Trinajstić information content (AvgIpc) is 2.96. The summed E-state index contributed by atoms with van der Waals surface area (Å²) in [5.74, 6) is -0.656. The second-order valence-corrected chi connectivity index (χ2v) is 6.92. The van der Waals surface area contributed by atoms with E-state index in [1.54, 1.807) is 11.3 Å². The molecule has 0 bridgehead atoms. The van der Waals surface area contributed by atoms with Crippen molar-refractivity contribution in [2.24, 2.45) is 5.41 Å². The molecule has 1 N–H and O–H groups in total. The molecule has 0 radical (unpaired) electrons. The Balaban J connectivity index is 2.02. The second-order valence-electron chi connectivity index (χ2n) is 5.75. The van der Waals surface area contributed by atoms with E-state index in [9.17, 15) is 14.7 Å². The van der Waals surface area contributed by atoms with Crippen LogP contribution in [0.5, 0.6) is 0 Å². The van der Waals surface area contributed by atoms with Gasteiger partial charge in [-0.05, 0) is 37.8 Å². The largest absolute Gasteiger partial charge is 0.481 e. The highest BCUT2D eigenvalue weighted by Gasteiger charge is 2.41. The molecule has 5 heteroatoms. The summed E-state index contributed by atoms with van der Waals surface area (Å²) in [7, 11) is 0. The molecule has 2 heterocycles. The minimum absolute atomic E-state index is 0.0511. The summed E-state index contributed by atoms with van der Waals surface area (Å²) < 4.78 is 0. The van der Waals surface area contributed by atoms with Crippen molar-refractivity contribution >= 4 is 23.2 Å². The standard InChI is InChI=1S/C16H23NO3S/c1-3-7-16(15(19)20)8-10-17(11-9-16)14(18)13-6-5-12(4-2)21-13/h5-6H,3-4,7-11H2,1-2H3,(H,19,20). The number of nitrogens with zero attached hydrogens (tertiary/aromatic N) is 1. The van der Waals surface area contributed by atoms with E-state index < -0.39 is 11.4 Å². The number of thiophene rings is 1. The molecule has 0 aliphatic carbocycles. The number of carboxylic acids is 1. The highest BCUT2D eigenvalue weighted by atomic mass is 32.1. The highest BCUT2D eigenvalue weighted by molar-refractivity contribution is 7.14. The van der Waals surface area contributed by atoms with E-state index in [2.05, 4.69) is 6.92 Å². The van der Waals surface area contributed by atoms with Gasteiger partial charge in [0.15, 0.2) is 0 Å². The monoisotopic (exact) mass is 309 g/mol. The maximum Gasteiger partial charge on any atom is 0.309 e. The van der Waals surface area contributed by atoms with Gasteiger partial charge in [0.2, 0.25) is 0 Å². The lowest BCUT2D eigenvalue weighted by atomic mass is 9.75. The van der Waals surface area contributed by atoms with Crippen LogP contribution in [0.2, 0.25) is 0 Å².